The minimum atomic E-state index is -0.496. The van der Waals surface area contributed by atoms with Crippen molar-refractivity contribution in [3.63, 3.8) is 0 Å². The molecule has 1 heterocycles. The second kappa shape index (κ2) is 7.18. The standard InChI is InChI=1S/C16H24F2N2O/c1-11(2)19-9-13-7-14(17)16(15(18)8-13)20-5-4-6-21-12(3)10-20/h7-8,11-12,19H,4-6,9-10H2,1-3H3. The fourth-order valence-electron chi connectivity index (χ4n) is 2.54. The molecule has 1 aromatic carbocycles. The summed E-state index contributed by atoms with van der Waals surface area (Å²) in [7, 11) is 0. The molecule has 1 fully saturated rings. The zero-order valence-corrected chi connectivity index (χ0v) is 13.0. The van der Waals surface area contributed by atoms with Crippen LogP contribution < -0.4 is 10.2 Å². The zero-order valence-electron chi connectivity index (χ0n) is 13.0. The fraction of sp³-hybridized carbons (Fsp3) is 0.625. The van der Waals surface area contributed by atoms with Crippen LogP contribution >= 0.6 is 0 Å². The molecule has 0 aliphatic carbocycles. The quantitative estimate of drug-likeness (QED) is 0.924. The first kappa shape index (κ1) is 16.2. The molecule has 0 bridgehead atoms. The number of hydrogen-bond donors (Lipinski definition) is 1. The van der Waals surface area contributed by atoms with Crippen molar-refractivity contribution < 1.29 is 13.5 Å². The maximum Gasteiger partial charge on any atom is 0.149 e. The van der Waals surface area contributed by atoms with Crippen molar-refractivity contribution in [3.05, 3.63) is 29.3 Å². The molecule has 1 saturated heterocycles. The van der Waals surface area contributed by atoms with Gasteiger partial charge in [-0.3, -0.25) is 0 Å². The van der Waals surface area contributed by atoms with E-state index in [2.05, 4.69) is 5.32 Å². The van der Waals surface area contributed by atoms with Gasteiger partial charge >= 0.3 is 0 Å². The molecule has 5 heteroatoms. The van der Waals surface area contributed by atoms with Crippen molar-refractivity contribution in [3.8, 4) is 0 Å². The molecule has 0 amide bonds. The van der Waals surface area contributed by atoms with Crippen LogP contribution in [-0.4, -0.2) is 31.8 Å². The lowest BCUT2D eigenvalue weighted by Gasteiger charge is -2.25. The van der Waals surface area contributed by atoms with E-state index in [1.165, 1.54) is 12.1 Å². The molecule has 1 aliphatic rings. The van der Waals surface area contributed by atoms with Gasteiger partial charge in [0.25, 0.3) is 0 Å². The second-order valence-electron chi connectivity index (χ2n) is 5.92. The lowest BCUT2D eigenvalue weighted by atomic mass is 10.1. The first-order chi connectivity index (χ1) is 9.97. The largest absolute Gasteiger partial charge is 0.377 e. The number of nitrogens with zero attached hydrogens (tertiary/aromatic N) is 1. The third-order valence-electron chi connectivity index (χ3n) is 3.56. The van der Waals surface area contributed by atoms with E-state index in [-0.39, 0.29) is 17.8 Å². The summed E-state index contributed by atoms with van der Waals surface area (Å²) in [5.41, 5.74) is 0.696. The van der Waals surface area contributed by atoms with E-state index in [0.29, 0.717) is 31.8 Å². The first-order valence-electron chi connectivity index (χ1n) is 7.55. The Bertz CT molecular complexity index is 456. The molecule has 2 rings (SSSR count). The van der Waals surface area contributed by atoms with Gasteiger partial charge in [0.1, 0.15) is 17.3 Å². The van der Waals surface area contributed by atoms with Crippen LogP contribution in [0.15, 0.2) is 12.1 Å². The summed E-state index contributed by atoms with van der Waals surface area (Å²) in [5.74, 6) is -0.991. The fourth-order valence-corrected chi connectivity index (χ4v) is 2.54. The van der Waals surface area contributed by atoms with Crippen LogP contribution in [0.3, 0.4) is 0 Å². The smallest absolute Gasteiger partial charge is 0.149 e. The molecule has 1 atom stereocenters. The monoisotopic (exact) mass is 298 g/mol. The van der Waals surface area contributed by atoms with E-state index in [1.807, 2.05) is 20.8 Å². The maximum atomic E-state index is 14.3. The molecule has 118 valence electrons. The summed E-state index contributed by atoms with van der Waals surface area (Å²) in [5, 5.41) is 3.17. The molecular weight excluding hydrogens is 274 g/mol. The number of ether oxygens (including phenoxy) is 1. The Morgan fingerprint density at radius 3 is 2.62 bits per heavy atom. The van der Waals surface area contributed by atoms with Gasteiger partial charge in [-0.2, -0.15) is 0 Å². The minimum absolute atomic E-state index is 0.0198. The van der Waals surface area contributed by atoms with Crippen molar-refractivity contribution in [1.29, 1.82) is 0 Å². The van der Waals surface area contributed by atoms with Crippen molar-refractivity contribution in [2.24, 2.45) is 0 Å². The van der Waals surface area contributed by atoms with Crippen LogP contribution in [-0.2, 0) is 11.3 Å². The maximum absolute atomic E-state index is 14.3. The van der Waals surface area contributed by atoms with Gasteiger partial charge in [-0.15, -0.1) is 0 Å². The summed E-state index contributed by atoms with van der Waals surface area (Å²) in [6.07, 6.45) is 0.758. The Morgan fingerprint density at radius 2 is 2.00 bits per heavy atom. The van der Waals surface area contributed by atoms with Crippen LogP contribution in [0.4, 0.5) is 14.5 Å². The Kier molecular flexibility index (Phi) is 5.53. The summed E-state index contributed by atoms with van der Waals surface area (Å²) in [4.78, 5) is 1.75. The minimum Gasteiger partial charge on any atom is -0.377 e. The lowest BCUT2D eigenvalue weighted by molar-refractivity contribution is 0.0820. The van der Waals surface area contributed by atoms with Crippen molar-refractivity contribution in [1.82, 2.24) is 5.32 Å². The normalized spacial score (nSPS) is 19.9. The number of hydrogen-bond acceptors (Lipinski definition) is 3. The highest BCUT2D eigenvalue weighted by atomic mass is 19.1. The van der Waals surface area contributed by atoms with Gasteiger partial charge in [0, 0.05) is 32.3 Å². The van der Waals surface area contributed by atoms with Crippen LogP contribution in [0.2, 0.25) is 0 Å². The summed E-state index contributed by atoms with van der Waals surface area (Å²) in [6.45, 7) is 8.15. The predicted molar refractivity (Wildman–Crippen MR) is 80.6 cm³/mol. The Labute approximate surface area is 125 Å². The SMILES string of the molecule is CC(C)NCc1cc(F)c(N2CCCOC(C)C2)c(F)c1. The van der Waals surface area contributed by atoms with E-state index in [9.17, 15) is 8.78 Å². The van der Waals surface area contributed by atoms with E-state index in [4.69, 9.17) is 4.74 Å². The molecule has 1 aliphatic heterocycles. The molecule has 0 spiro atoms. The van der Waals surface area contributed by atoms with Gasteiger partial charge in [-0.25, -0.2) is 8.78 Å². The Hall–Kier alpha value is -1.20. The molecule has 1 aromatic rings. The first-order valence-corrected chi connectivity index (χ1v) is 7.55. The van der Waals surface area contributed by atoms with Crippen LogP contribution in [0, 0.1) is 11.6 Å². The molecule has 21 heavy (non-hydrogen) atoms. The molecule has 0 radical (unpaired) electrons. The van der Waals surface area contributed by atoms with Crippen molar-refractivity contribution in [2.45, 2.75) is 45.9 Å². The van der Waals surface area contributed by atoms with Gasteiger partial charge in [-0.1, -0.05) is 13.8 Å². The summed E-state index contributed by atoms with van der Waals surface area (Å²) >= 11 is 0. The summed E-state index contributed by atoms with van der Waals surface area (Å²) in [6, 6.07) is 3.12. The second-order valence-corrected chi connectivity index (χ2v) is 5.92. The highest BCUT2D eigenvalue weighted by molar-refractivity contribution is 5.51. The predicted octanol–water partition coefficient (Wildman–Crippen LogP) is 3.08. The molecule has 1 unspecified atom stereocenters. The Balaban J connectivity index is 2.19. The van der Waals surface area contributed by atoms with Gasteiger partial charge < -0.3 is 15.0 Å². The van der Waals surface area contributed by atoms with E-state index in [0.717, 1.165) is 6.42 Å². The van der Waals surface area contributed by atoms with Crippen LogP contribution in [0.5, 0.6) is 0 Å². The van der Waals surface area contributed by atoms with Gasteiger partial charge in [0.15, 0.2) is 0 Å². The number of anilines is 1. The van der Waals surface area contributed by atoms with Crippen LogP contribution in [0.1, 0.15) is 32.8 Å². The highest BCUT2D eigenvalue weighted by Gasteiger charge is 2.22. The third-order valence-corrected chi connectivity index (χ3v) is 3.56. The van der Waals surface area contributed by atoms with E-state index >= 15 is 0 Å². The number of rotatable bonds is 4. The van der Waals surface area contributed by atoms with E-state index < -0.39 is 11.6 Å². The summed E-state index contributed by atoms with van der Waals surface area (Å²) < 4.78 is 34.2. The number of nitrogens with one attached hydrogen (secondary N) is 1. The molecular formula is C16H24F2N2O. The third kappa shape index (κ3) is 4.38. The van der Waals surface area contributed by atoms with Crippen molar-refractivity contribution in [2.75, 3.05) is 24.6 Å². The molecule has 3 nitrogen and oxygen atoms in total. The lowest BCUT2D eigenvalue weighted by Crippen LogP contribution is -2.31. The van der Waals surface area contributed by atoms with Gasteiger partial charge in [0.2, 0.25) is 0 Å². The molecule has 0 saturated carbocycles. The van der Waals surface area contributed by atoms with Gasteiger partial charge in [-0.05, 0) is 31.0 Å². The highest BCUT2D eigenvalue weighted by Crippen LogP contribution is 2.26. The Morgan fingerprint density at radius 1 is 1.33 bits per heavy atom. The number of benzene rings is 1. The molecule has 1 N–H and O–H groups in total. The average Bonchev–Trinajstić information content (AvgIpc) is 2.60. The topological polar surface area (TPSA) is 24.5 Å². The van der Waals surface area contributed by atoms with Gasteiger partial charge in [0.05, 0.1) is 6.10 Å². The average molecular weight is 298 g/mol. The number of halogens is 2. The van der Waals surface area contributed by atoms with Crippen molar-refractivity contribution >= 4 is 5.69 Å². The molecule has 0 aromatic heterocycles. The zero-order chi connectivity index (χ0) is 15.4. The van der Waals surface area contributed by atoms with E-state index in [1.54, 1.807) is 4.90 Å². The van der Waals surface area contributed by atoms with Crippen LogP contribution in [0.25, 0.3) is 0 Å².